The fourth-order valence-corrected chi connectivity index (χ4v) is 4.98. The Morgan fingerprint density at radius 3 is 2.39 bits per heavy atom. The van der Waals surface area contributed by atoms with E-state index in [0.717, 1.165) is 18.4 Å². The second-order valence-electron chi connectivity index (χ2n) is 8.91. The van der Waals surface area contributed by atoms with Crippen molar-refractivity contribution in [2.45, 2.75) is 44.8 Å². The lowest BCUT2D eigenvalue weighted by Gasteiger charge is -2.33. The molecule has 6 heteroatoms. The van der Waals surface area contributed by atoms with E-state index in [-0.39, 0.29) is 18.1 Å². The van der Waals surface area contributed by atoms with Crippen LogP contribution in [0.5, 0.6) is 11.5 Å². The summed E-state index contributed by atoms with van der Waals surface area (Å²) in [4.78, 5) is 13.8. The molecule has 0 spiro atoms. The number of likely N-dealkylation sites (tertiary alicyclic amines) is 1. The Bertz CT molecular complexity index is 934. The third kappa shape index (κ3) is 3.97. The number of methoxy groups -OCH3 is 2. The summed E-state index contributed by atoms with van der Waals surface area (Å²) in [6, 6.07) is 14.4. The predicted molar refractivity (Wildman–Crippen MR) is 118 cm³/mol. The maximum absolute atomic E-state index is 12.2. The zero-order chi connectivity index (χ0) is 22.2. The van der Waals surface area contributed by atoms with Crippen molar-refractivity contribution in [1.82, 2.24) is 4.90 Å². The predicted octanol–water partition coefficient (Wildman–Crippen LogP) is 3.79. The van der Waals surface area contributed by atoms with Crippen molar-refractivity contribution in [3.63, 3.8) is 0 Å². The number of hydrogen-bond acceptors (Lipinski definition) is 5. The van der Waals surface area contributed by atoms with Gasteiger partial charge in [-0.15, -0.1) is 0 Å². The van der Waals surface area contributed by atoms with Crippen molar-refractivity contribution in [2.24, 2.45) is 5.41 Å². The van der Waals surface area contributed by atoms with Crippen molar-refractivity contribution < 1.29 is 24.1 Å². The number of carbonyl (C=O) groups excluding carboxylic acids is 1. The fraction of sp³-hybridized carbons (Fsp3) is 0.480. The van der Waals surface area contributed by atoms with E-state index in [1.54, 1.807) is 18.9 Å². The number of aliphatic hydroxyl groups excluding tert-OH is 1. The molecule has 1 aliphatic carbocycles. The number of carbonyl (C=O) groups is 1. The van der Waals surface area contributed by atoms with Crippen LogP contribution in [0.3, 0.4) is 0 Å². The molecule has 1 saturated heterocycles. The Morgan fingerprint density at radius 2 is 1.81 bits per heavy atom. The van der Waals surface area contributed by atoms with E-state index in [9.17, 15) is 9.90 Å². The Hall–Kier alpha value is -2.73. The number of hydrogen-bond donors (Lipinski definition) is 1. The molecule has 2 aromatic carbocycles. The van der Waals surface area contributed by atoms with Gasteiger partial charge in [-0.05, 0) is 35.7 Å². The van der Waals surface area contributed by atoms with Crippen LogP contribution >= 0.6 is 0 Å². The molecule has 166 valence electrons. The van der Waals surface area contributed by atoms with E-state index < -0.39 is 11.5 Å². The minimum atomic E-state index is -0.594. The van der Waals surface area contributed by atoms with Gasteiger partial charge in [0.2, 0.25) is 0 Å². The van der Waals surface area contributed by atoms with Gasteiger partial charge in [0.05, 0.1) is 20.3 Å². The van der Waals surface area contributed by atoms with Crippen molar-refractivity contribution in [3.05, 3.63) is 59.2 Å². The van der Waals surface area contributed by atoms with Gasteiger partial charge in [0.1, 0.15) is 6.10 Å². The highest BCUT2D eigenvalue weighted by Gasteiger charge is 2.48. The number of benzene rings is 2. The Morgan fingerprint density at radius 1 is 1.13 bits per heavy atom. The van der Waals surface area contributed by atoms with Crippen molar-refractivity contribution in [2.75, 3.05) is 27.3 Å². The maximum Gasteiger partial charge on any atom is 0.409 e. The second kappa shape index (κ2) is 8.42. The first kappa shape index (κ1) is 21.5. The third-order valence-electron chi connectivity index (χ3n) is 7.02. The van der Waals surface area contributed by atoms with Crippen LogP contribution in [0.2, 0.25) is 0 Å². The summed E-state index contributed by atoms with van der Waals surface area (Å²) < 4.78 is 16.9. The van der Waals surface area contributed by atoms with Gasteiger partial charge >= 0.3 is 6.09 Å². The summed E-state index contributed by atoms with van der Waals surface area (Å²) >= 11 is 0. The summed E-state index contributed by atoms with van der Waals surface area (Å²) in [5.41, 5.74) is 3.17. The van der Waals surface area contributed by atoms with Crippen LogP contribution in [0.15, 0.2) is 42.5 Å². The van der Waals surface area contributed by atoms with Gasteiger partial charge in [0.25, 0.3) is 0 Å². The lowest BCUT2D eigenvalue weighted by molar-refractivity contribution is 0.0470. The summed E-state index contributed by atoms with van der Waals surface area (Å²) in [5, 5.41) is 10.6. The van der Waals surface area contributed by atoms with E-state index >= 15 is 0 Å². The molecule has 1 aliphatic heterocycles. The highest BCUT2D eigenvalue weighted by molar-refractivity contribution is 5.68. The molecule has 1 amide bonds. The van der Waals surface area contributed by atoms with Gasteiger partial charge in [-0.3, -0.25) is 0 Å². The smallest absolute Gasteiger partial charge is 0.409 e. The first-order valence-electron chi connectivity index (χ1n) is 10.8. The molecule has 1 unspecified atom stereocenters. The van der Waals surface area contributed by atoms with E-state index in [1.807, 2.05) is 25.1 Å². The normalized spacial score (nSPS) is 24.0. The van der Waals surface area contributed by atoms with E-state index in [4.69, 9.17) is 14.2 Å². The average molecular weight is 426 g/mol. The summed E-state index contributed by atoms with van der Waals surface area (Å²) in [6.07, 6.45) is 0.828. The number of ether oxygens (including phenoxy) is 3. The standard InChI is InChI=1S/C25H31NO5/c1-16(27)25(2)15-26(24(28)30-4)14-21(25)19-9-10-22(29-3)23(13-19)31-20-11-17-7-5-6-8-18(17)12-20/h5-10,13,16,20-21,27H,11-12,14-15H2,1-4H3/t16-,21?,25-/m1/s1. The minimum Gasteiger partial charge on any atom is -0.493 e. The number of fused-ring (bicyclic) bond motifs is 1. The Kier molecular flexibility index (Phi) is 5.84. The van der Waals surface area contributed by atoms with E-state index in [1.165, 1.54) is 18.2 Å². The Labute approximate surface area is 183 Å². The molecule has 1 heterocycles. The maximum atomic E-state index is 12.2. The van der Waals surface area contributed by atoms with Crippen LogP contribution in [0.4, 0.5) is 4.79 Å². The van der Waals surface area contributed by atoms with E-state index in [2.05, 4.69) is 24.3 Å². The molecule has 0 saturated carbocycles. The summed E-state index contributed by atoms with van der Waals surface area (Å²) in [6.45, 7) is 4.71. The second-order valence-corrected chi connectivity index (χ2v) is 8.91. The molecule has 1 fully saturated rings. The molecule has 0 aromatic heterocycles. The monoisotopic (exact) mass is 425 g/mol. The highest BCUT2D eigenvalue weighted by Crippen LogP contribution is 2.47. The first-order valence-corrected chi connectivity index (χ1v) is 10.8. The molecular weight excluding hydrogens is 394 g/mol. The molecule has 2 aliphatic rings. The SMILES string of the molecule is COC(=O)N1CC(c2ccc(OC)c(OC3Cc4ccccc4C3)c2)[C@@](C)([C@@H](C)O)C1. The zero-order valence-corrected chi connectivity index (χ0v) is 18.6. The van der Waals surface area contributed by atoms with Crippen LogP contribution in [-0.2, 0) is 17.6 Å². The molecule has 1 N–H and O–H groups in total. The van der Waals surface area contributed by atoms with Crippen LogP contribution in [-0.4, -0.2) is 55.6 Å². The van der Waals surface area contributed by atoms with Crippen LogP contribution in [0.1, 0.15) is 36.5 Å². The summed E-state index contributed by atoms with van der Waals surface area (Å²) in [5.74, 6) is 1.32. The molecule has 31 heavy (non-hydrogen) atoms. The van der Waals surface area contributed by atoms with Crippen LogP contribution in [0.25, 0.3) is 0 Å². The highest BCUT2D eigenvalue weighted by atomic mass is 16.5. The molecule has 2 aromatic rings. The quantitative estimate of drug-likeness (QED) is 0.789. The van der Waals surface area contributed by atoms with Gasteiger partial charge in [0.15, 0.2) is 11.5 Å². The lowest BCUT2D eigenvalue weighted by atomic mass is 9.72. The largest absolute Gasteiger partial charge is 0.493 e. The van der Waals surface area contributed by atoms with Crippen LogP contribution in [0, 0.1) is 5.41 Å². The van der Waals surface area contributed by atoms with Gasteiger partial charge in [-0.25, -0.2) is 4.79 Å². The molecule has 4 rings (SSSR count). The first-order chi connectivity index (χ1) is 14.9. The van der Waals surface area contributed by atoms with Crippen molar-refractivity contribution in [1.29, 1.82) is 0 Å². The van der Waals surface area contributed by atoms with Crippen molar-refractivity contribution >= 4 is 6.09 Å². The summed E-state index contributed by atoms with van der Waals surface area (Å²) in [7, 11) is 3.02. The fourth-order valence-electron chi connectivity index (χ4n) is 4.98. The van der Waals surface area contributed by atoms with Gasteiger partial charge < -0.3 is 24.2 Å². The van der Waals surface area contributed by atoms with Crippen LogP contribution < -0.4 is 9.47 Å². The van der Waals surface area contributed by atoms with Crippen molar-refractivity contribution in [3.8, 4) is 11.5 Å². The Balaban J connectivity index is 1.61. The third-order valence-corrected chi connectivity index (χ3v) is 7.02. The van der Waals surface area contributed by atoms with Gasteiger partial charge in [0, 0.05) is 37.3 Å². The zero-order valence-electron chi connectivity index (χ0n) is 18.6. The molecule has 6 nitrogen and oxygen atoms in total. The molecule has 0 bridgehead atoms. The molecular formula is C25H31NO5. The van der Waals surface area contributed by atoms with Gasteiger partial charge in [-0.1, -0.05) is 37.3 Å². The van der Waals surface area contributed by atoms with Gasteiger partial charge in [-0.2, -0.15) is 0 Å². The average Bonchev–Trinajstić information content (AvgIpc) is 3.34. The molecule has 0 radical (unpaired) electrons. The lowest BCUT2D eigenvalue weighted by Crippen LogP contribution is -2.38. The number of amides is 1. The minimum absolute atomic E-state index is 0.0550. The number of aliphatic hydroxyl groups is 1. The molecule has 3 atom stereocenters. The number of nitrogens with zero attached hydrogens (tertiary/aromatic N) is 1. The van der Waals surface area contributed by atoms with E-state index in [0.29, 0.717) is 24.6 Å². The topological polar surface area (TPSA) is 68.2 Å². The number of rotatable bonds is 5.